The molecule has 0 heterocycles. The summed E-state index contributed by atoms with van der Waals surface area (Å²) in [6.07, 6.45) is 7.30. The molecule has 0 fully saturated rings. The van der Waals surface area contributed by atoms with Gasteiger partial charge in [-0.15, -0.1) is 0 Å². The summed E-state index contributed by atoms with van der Waals surface area (Å²) >= 11 is 0. The normalized spacial score (nSPS) is 12.4. The zero-order valence-corrected chi connectivity index (χ0v) is 20.4. The Labute approximate surface area is 186 Å². The Morgan fingerprint density at radius 1 is 0.967 bits per heavy atom. The molecule has 2 nitrogen and oxygen atoms in total. The van der Waals surface area contributed by atoms with E-state index >= 15 is 0 Å². The first kappa shape index (κ1) is 26.0. The third-order valence-corrected chi connectivity index (χ3v) is 5.22. The molecule has 0 spiro atoms. The van der Waals surface area contributed by atoms with Gasteiger partial charge in [0, 0.05) is 25.3 Å². The van der Waals surface area contributed by atoms with Gasteiger partial charge in [-0.2, -0.15) is 0 Å². The number of para-hydroxylation sites is 1. The Kier molecular flexibility index (Phi) is 11.5. The smallest absolute Gasteiger partial charge is 0.0410 e. The molecule has 0 aliphatic heterocycles. The van der Waals surface area contributed by atoms with E-state index in [1.54, 1.807) is 0 Å². The van der Waals surface area contributed by atoms with E-state index in [9.17, 15) is 0 Å². The van der Waals surface area contributed by atoms with Crippen LogP contribution in [0.3, 0.4) is 0 Å². The van der Waals surface area contributed by atoms with Crippen LogP contribution in [0.15, 0.2) is 66.3 Å². The summed E-state index contributed by atoms with van der Waals surface area (Å²) in [6.45, 7) is 26.4. The molecule has 0 aliphatic carbocycles. The van der Waals surface area contributed by atoms with Crippen molar-refractivity contribution in [2.45, 2.75) is 66.7 Å². The van der Waals surface area contributed by atoms with Gasteiger partial charge in [0.25, 0.3) is 0 Å². The van der Waals surface area contributed by atoms with E-state index in [0.29, 0.717) is 17.8 Å². The van der Waals surface area contributed by atoms with Gasteiger partial charge in [0.2, 0.25) is 0 Å². The summed E-state index contributed by atoms with van der Waals surface area (Å²) in [5.41, 5.74) is 7.78. The van der Waals surface area contributed by atoms with Crippen LogP contribution in [0.2, 0.25) is 0 Å². The summed E-state index contributed by atoms with van der Waals surface area (Å²) in [4.78, 5) is 0. The van der Waals surface area contributed by atoms with Crippen molar-refractivity contribution in [2.75, 3.05) is 25.0 Å². The summed E-state index contributed by atoms with van der Waals surface area (Å²) < 4.78 is 0. The van der Waals surface area contributed by atoms with E-state index in [0.717, 1.165) is 37.2 Å². The van der Waals surface area contributed by atoms with Crippen molar-refractivity contribution in [3.8, 4) is 0 Å². The van der Waals surface area contributed by atoms with Crippen molar-refractivity contribution in [1.29, 1.82) is 0 Å². The van der Waals surface area contributed by atoms with Crippen LogP contribution in [0.4, 0.5) is 5.69 Å². The number of rotatable bonds is 13. The third-order valence-electron chi connectivity index (χ3n) is 5.22. The first-order valence-electron chi connectivity index (χ1n) is 11.4. The molecule has 0 unspecified atom stereocenters. The Bertz CT molecular complexity index is 722. The summed E-state index contributed by atoms with van der Waals surface area (Å²) in [6, 6.07) is 6.69. The van der Waals surface area contributed by atoms with Gasteiger partial charge in [0.15, 0.2) is 0 Å². The number of hydrogen-bond donors (Lipinski definition) is 2. The van der Waals surface area contributed by atoms with Crippen molar-refractivity contribution in [2.24, 2.45) is 5.92 Å². The Morgan fingerprint density at radius 2 is 1.57 bits per heavy atom. The topological polar surface area (TPSA) is 24.1 Å². The fourth-order valence-electron chi connectivity index (χ4n) is 3.47. The third kappa shape index (κ3) is 9.17. The standard InChI is InChI=1S/C28H44N2/c1-20(2)18-24(9)12-10-13-25(21(3)4)19-29-16-17-30-28-26(22(5)6)14-11-15-27(28)23(7)8/h10-15,21-23,29-30H,1,9,16-19H2,2-8H3/b12-10-,25-13+. The van der Waals surface area contributed by atoms with Gasteiger partial charge in [-0.25, -0.2) is 0 Å². The molecule has 0 saturated heterocycles. The molecular weight excluding hydrogens is 364 g/mol. The Morgan fingerprint density at radius 3 is 2.07 bits per heavy atom. The van der Waals surface area contributed by atoms with Crippen LogP contribution in [0.25, 0.3) is 0 Å². The van der Waals surface area contributed by atoms with Gasteiger partial charge in [-0.05, 0) is 42.2 Å². The molecule has 1 rings (SSSR count). The molecule has 0 bridgehead atoms. The lowest BCUT2D eigenvalue weighted by molar-refractivity contribution is 0.668. The molecule has 0 atom stereocenters. The van der Waals surface area contributed by atoms with Crippen molar-refractivity contribution >= 4 is 5.69 Å². The number of hydrogen-bond acceptors (Lipinski definition) is 2. The van der Waals surface area contributed by atoms with Crippen molar-refractivity contribution in [3.05, 3.63) is 77.4 Å². The van der Waals surface area contributed by atoms with Gasteiger partial charge in [0.05, 0.1) is 0 Å². The van der Waals surface area contributed by atoms with Crippen molar-refractivity contribution < 1.29 is 0 Å². The number of allylic oxidation sites excluding steroid dienone is 5. The fourth-order valence-corrected chi connectivity index (χ4v) is 3.47. The quantitative estimate of drug-likeness (QED) is 0.199. The van der Waals surface area contributed by atoms with Crippen LogP contribution in [0.5, 0.6) is 0 Å². The first-order chi connectivity index (χ1) is 14.1. The molecule has 1 aromatic carbocycles. The molecule has 1 aromatic rings. The molecule has 0 amide bonds. The second-order valence-corrected chi connectivity index (χ2v) is 9.27. The largest absolute Gasteiger partial charge is 0.383 e. The zero-order chi connectivity index (χ0) is 22.7. The lowest BCUT2D eigenvalue weighted by Crippen LogP contribution is -2.26. The van der Waals surface area contributed by atoms with E-state index in [-0.39, 0.29) is 0 Å². The lowest BCUT2D eigenvalue weighted by atomic mass is 9.92. The second kappa shape index (κ2) is 13.3. The van der Waals surface area contributed by atoms with E-state index in [1.165, 1.54) is 22.4 Å². The molecule has 0 aromatic heterocycles. The lowest BCUT2D eigenvalue weighted by Gasteiger charge is -2.21. The van der Waals surface area contributed by atoms with Crippen LogP contribution in [0.1, 0.15) is 77.8 Å². The Hall–Kier alpha value is -2.06. The number of benzene rings is 1. The molecule has 0 aliphatic rings. The van der Waals surface area contributed by atoms with Crippen molar-refractivity contribution in [1.82, 2.24) is 5.32 Å². The maximum atomic E-state index is 4.09. The molecule has 0 radical (unpaired) electrons. The zero-order valence-electron chi connectivity index (χ0n) is 20.4. The number of nitrogens with one attached hydrogen (secondary N) is 2. The highest BCUT2D eigenvalue weighted by atomic mass is 14.9. The van der Waals surface area contributed by atoms with Gasteiger partial charge in [-0.3, -0.25) is 0 Å². The second-order valence-electron chi connectivity index (χ2n) is 9.27. The van der Waals surface area contributed by atoms with Crippen molar-refractivity contribution in [3.63, 3.8) is 0 Å². The maximum absolute atomic E-state index is 4.09. The van der Waals surface area contributed by atoms with Crippen LogP contribution in [-0.4, -0.2) is 19.6 Å². The molecule has 166 valence electrons. The predicted octanol–water partition coefficient (Wildman–Crippen LogP) is 7.60. The molecular formula is C28H44N2. The van der Waals surface area contributed by atoms with E-state index < -0.39 is 0 Å². The summed E-state index contributed by atoms with van der Waals surface area (Å²) in [5.74, 6) is 1.54. The van der Waals surface area contributed by atoms with E-state index in [4.69, 9.17) is 0 Å². The highest BCUT2D eigenvalue weighted by Crippen LogP contribution is 2.32. The monoisotopic (exact) mass is 408 g/mol. The highest BCUT2D eigenvalue weighted by molar-refractivity contribution is 5.60. The van der Waals surface area contributed by atoms with Gasteiger partial charge >= 0.3 is 0 Å². The van der Waals surface area contributed by atoms with Crippen LogP contribution < -0.4 is 10.6 Å². The predicted molar refractivity (Wildman–Crippen MR) is 137 cm³/mol. The maximum Gasteiger partial charge on any atom is 0.0410 e. The molecule has 0 saturated carbocycles. The van der Waals surface area contributed by atoms with Crippen LogP contribution >= 0.6 is 0 Å². The molecule has 2 heteroatoms. The first-order valence-corrected chi connectivity index (χ1v) is 11.4. The highest BCUT2D eigenvalue weighted by Gasteiger charge is 2.13. The minimum absolute atomic E-state index is 0.513. The average molecular weight is 409 g/mol. The average Bonchev–Trinajstić information content (AvgIpc) is 2.65. The summed E-state index contributed by atoms with van der Waals surface area (Å²) in [5, 5.41) is 7.31. The summed E-state index contributed by atoms with van der Waals surface area (Å²) in [7, 11) is 0. The van der Waals surface area contributed by atoms with Crippen LogP contribution in [0, 0.1) is 5.92 Å². The molecule has 30 heavy (non-hydrogen) atoms. The SMILES string of the molecule is C=C(C)CC(=C)/C=C\C=C(/CNCCNc1c(C(C)C)cccc1C(C)C)C(C)C. The Balaban J connectivity index is 2.63. The van der Waals surface area contributed by atoms with E-state index in [2.05, 4.69) is 102 Å². The fraction of sp³-hybridized carbons (Fsp3) is 0.500. The number of anilines is 1. The van der Waals surface area contributed by atoms with Gasteiger partial charge < -0.3 is 10.6 Å². The van der Waals surface area contributed by atoms with E-state index in [1.807, 2.05) is 6.92 Å². The minimum Gasteiger partial charge on any atom is -0.383 e. The molecule has 2 N–H and O–H groups in total. The van der Waals surface area contributed by atoms with Gasteiger partial charge in [0.1, 0.15) is 0 Å². The minimum atomic E-state index is 0.513. The van der Waals surface area contributed by atoms with Crippen LogP contribution in [-0.2, 0) is 0 Å². The van der Waals surface area contributed by atoms with Gasteiger partial charge in [-0.1, -0.05) is 108 Å².